The van der Waals surface area contributed by atoms with E-state index in [1.807, 2.05) is 18.2 Å². The number of hydrogen-bond acceptors (Lipinski definition) is 2. The van der Waals surface area contributed by atoms with Crippen LogP contribution >= 0.6 is 0 Å². The normalized spacial score (nSPS) is 14.9. The lowest BCUT2D eigenvalue weighted by Gasteiger charge is -2.25. The predicted molar refractivity (Wildman–Crippen MR) is 116 cm³/mol. The van der Waals surface area contributed by atoms with Crippen molar-refractivity contribution in [2.45, 2.75) is 38.1 Å². The van der Waals surface area contributed by atoms with E-state index in [2.05, 4.69) is 34.0 Å². The lowest BCUT2D eigenvalue weighted by atomic mass is 9.95. The molecule has 1 saturated carbocycles. The molecule has 0 saturated heterocycles. The van der Waals surface area contributed by atoms with Crippen molar-refractivity contribution in [3.8, 4) is 17.2 Å². The number of rotatable bonds is 3. The van der Waals surface area contributed by atoms with Crippen molar-refractivity contribution in [1.82, 2.24) is 4.40 Å². The van der Waals surface area contributed by atoms with Gasteiger partial charge in [-0.15, -0.1) is 0 Å². The van der Waals surface area contributed by atoms with Gasteiger partial charge in [-0.3, -0.25) is 4.40 Å². The summed E-state index contributed by atoms with van der Waals surface area (Å²) in [6.45, 7) is 0. The van der Waals surface area contributed by atoms with Crippen LogP contribution in [0.5, 0.6) is 0 Å². The summed E-state index contributed by atoms with van der Waals surface area (Å²) in [4.78, 5) is 0. The van der Waals surface area contributed by atoms with Crippen LogP contribution in [0.4, 0.5) is 10.2 Å². The minimum atomic E-state index is -0.275. The predicted octanol–water partition coefficient (Wildman–Crippen LogP) is 6.51. The van der Waals surface area contributed by atoms with Gasteiger partial charge in [0.25, 0.3) is 0 Å². The van der Waals surface area contributed by atoms with Crippen molar-refractivity contribution >= 4 is 22.2 Å². The van der Waals surface area contributed by atoms with E-state index in [-0.39, 0.29) is 5.82 Å². The summed E-state index contributed by atoms with van der Waals surface area (Å²) in [5, 5.41) is 15.0. The summed E-state index contributed by atoms with van der Waals surface area (Å²) in [6.07, 6.45) is 5.98. The molecule has 2 aromatic carbocycles. The molecule has 0 atom stereocenters. The molecule has 1 aliphatic rings. The molecule has 1 N–H and O–H groups in total. The van der Waals surface area contributed by atoms with Crippen LogP contribution in [0, 0.1) is 17.1 Å². The SMILES string of the molecule is N#Cc1c(-c2ccc(F)cc2)c(NC2CCCCC2)n2c1ccc1ccccc12. The summed E-state index contributed by atoms with van der Waals surface area (Å²) in [6, 6.07) is 21.5. The molecule has 144 valence electrons. The number of nitrogens with zero attached hydrogens (tertiary/aromatic N) is 2. The van der Waals surface area contributed by atoms with Gasteiger partial charge in [-0.05, 0) is 48.1 Å². The Balaban J connectivity index is 1.83. The van der Waals surface area contributed by atoms with Crippen LogP contribution in [-0.2, 0) is 0 Å². The highest BCUT2D eigenvalue weighted by molar-refractivity contribution is 5.96. The third kappa shape index (κ3) is 3.03. The fourth-order valence-corrected chi connectivity index (χ4v) is 4.59. The molecule has 0 radical (unpaired) electrons. The molecule has 4 heteroatoms. The summed E-state index contributed by atoms with van der Waals surface area (Å²) >= 11 is 0. The first-order chi connectivity index (χ1) is 14.3. The molecule has 0 aliphatic heterocycles. The second-order valence-corrected chi connectivity index (χ2v) is 7.81. The van der Waals surface area contributed by atoms with Crippen LogP contribution in [0.25, 0.3) is 27.5 Å². The lowest BCUT2D eigenvalue weighted by Crippen LogP contribution is -2.23. The van der Waals surface area contributed by atoms with Gasteiger partial charge in [0.1, 0.15) is 17.7 Å². The maximum absolute atomic E-state index is 13.6. The minimum absolute atomic E-state index is 0.275. The van der Waals surface area contributed by atoms with Crippen molar-refractivity contribution < 1.29 is 4.39 Å². The highest BCUT2D eigenvalue weighted by Crippen LogP contribution is 2.40. The van der Waals surface area contributed by atoms with Gasteiger partial charge < -0.3 is 5.32 Å². The van der Waals surface area contributed by atoms with Gasteiger partial charge >= 0.3 is 0 Å². The summed E-state index contributed by atoms with van der Waals surface area (Å²) in [5.41, 5.74) is 4.28. The molecule has 0 bridgehead atoms. The standard InChI is InChI=1S/C25H22FN3/c26-19-13-10-18(11-14-19)24-21(16-27)23-15-12-17-6-4-5-9-22(17)29(23)25(24)28-20-7-2-1-3-8-20/h4-6,9-15,20,28H,1-3,7-8H2. The Kier molecular flexibility index (Phi) is 4.44. The zero-order valence-electron chi connectivity index (χ0n) is 16.2. The molecule has 2 heterocycles. The van der Waals surface area contributed by atoms with E-state index in [1.54, 1.807) is 12.1 Å². The molecular formula is C25H22FN3. The first-order valence-corrected chi connectivity index (χ1v) is 10.2. The summed E-state index contributed by atoms with van der Waals surface area (Å²) in [7, 11) is 0. The van der Waals surface area contributed by atoms with Crippen LogP contribution in [-0.4, -0.2) is 10.4 Å². The first-order valence-electron chi connectivity index (χ1n) is 10.2. The number of halogens is 1. The van der Waals surface area contributed by atoms with Gasteiger partial charge in [-0.25, -0.2) is 4.39 Å². The molecule has 0 spiro atoms. The summed E-state index contributed by atoms with van der Waals surface area (Å²) in [5.74, 6) is 0.662. The number of para-hydroxylation sites is 1. The van der Waals surface area contributed by atoms with Gasteiger partial charge in [0.2, 0.25) is 0 Å². The van der Waals surface area contributed by atoms with Crippen LogP contribution in [0.3, 0.4) is 0 Å². The average molecular weight is 383 g/mol. The Morgan fingerprint density at radius 3 is 2.41 bits per heavy atom. The molecule has 5 rings (SSSR count). The number of benzene rings is 2. The summed E-state index contributed by atoms with van der Waals surface area (Å²) < 4.78 is 15.8. The van der Waals surface area contributed by atoms with E-state index in [9.17, 15) is 9.65 Å². The largest absolute Gasteiger partial charge is 0.368 e. The Morgan fingerprint density at radius 1 is 0.897 bits per heavy atom. The van der Waals surface area contributed by atoms with Gasteiger partial charge in [0.05, 0.1) is 16.6 Å². The molecule has 0 unspecified atom stereocenters. The fraction of sp³-hybridized carbons (Fsp3) is 0.240. The molecule has 1 aliphatic carbocycles. The lowest BCUT2D eigenvalue weighted by molar-refractivity contribution is 0.462. The highest BCUT2D eigenvalue weighted by atomic mass is 19.1. The zero-order chi connectivity index (χ0) is 19.8. The number of nitriles is 1. The Hall–Kier alpha value is -3.32. The van der Waals surface area contributed by atoms with Crippen molar-refractivity contribution in [1.29, 1.82) is 5.26 Å². The Bertz CT molecular complexity index is 1230. The third-order valence-electron chi connectivity index (χ3n) is 6.00. The van der Waals surface area contributed by atoms with E-state index >= 15 is 0 Å². The quantitative estimate of drug-likeness (QED) is 0.438. The van der Waals surface area contributed by atoms with Gasteiger partial charge in [0.15, 0.2) is 0 Å². The fourth-order valence-electron chi connectivity index (χ4n) is 4.59. The minimum Gasteiger partial charge on any atom is -0.368 e. The van der Waals surface area contributed by atoms with E-state index < -0.39 is 0 Å². The Labute approximate surface area is 169 Å². The maximum Gasteiger partial charge on any atom is 0.123 e. The maximum atomic E-state index is 13.6. The second kappa shape index (κ2) is 7.25. The molecule has 0 amide bonds. The van der Waals surface area contributed by atoms with Gasteiger partial charge in [-0.1, -0.05) is 55.7 Å². The van der Waals surface area contributed by atoms with Crippen LogP contribution in [0.15, 0.2) is 60.7 Å². The van der Waals surface area contributed by atoms with Crippen molar-refractivity contribution in [2.75, 3.05) is 5.32 Å². The highest BCUT2D eigenvalue weighted by Gasteiger charge is 2.24. The van der Waals surface area contributed by atoms with Crippen molar-refractivity contribution in [3.05, 3.63) is 72.0 Å². The molecule has 3 nitrogen and oxygen atoms in total. The van der Waals surface area contributed by atoms with Crippen LogP contribution in [0.2, 0.25) is 0 Å². The number of hydrogen-bond donors (Lipinski definition) is 1. The number of anilines is 1. The number of nitrogens with one attached hydrogen (secondary N) is 1. The number of aromatic nitrogens is 1. The van der Waals surface area contributed by atoms with Crippen LogP contribution < -0.4 is 5.32 Å². The number of fused-ring (bicyclic) bond motifs is 3. The van der Waals surface area contributed by atoms with Gasteiger partial charge in [-0.2, -0.15) is 5.26 Å². The molecule has 29 heavy (non-hydrogen) atoms. The monoisotopic (exact) mass is 383 g/mol. The smallest absolute Gasteiger partial charge is 0.123 e. The third-order valence-corrected chi connectivity index (χ3v) is 6.00. The number of pyridine rings is 1. The zero-order valence-corrected chi connectivity index (χ0v) is 16.2. The topological polar surface area (TPSA) is 40.2 Å². The second-order valence-electron chi connectivity index (χ2n) is 7.81. The molecule has 4 aromatic rings. The first kappa shape index (κ1) is 17.8. The Morgan fingerprint density at radius 2 is 1.66 bits per heavy atom. The van der Waals surface area contributed by atoms with E-state index in [0.29, 0.717) is 11.6 Å². The molecule has 2 aromatic heterocycles. The van der Waals surface area contributed by atoms with Gasteiger partial charge in [0, 0.05) is 11.6 Å². The molecule has 1 fully saturated rings. The van der Waals surface area contributed by atoms with Crippen LogP contribution in [0.1, 0.15) is 37.7 Å². The van der Waals surface area contributed by atoms with Crippen molar-refractivity contribution in [2.24, 2.45) is 0 Å². The van der Waals surface area contributed by atoms with Crippen molar-refractivity contribution in [3.63, 3.8) is 0 Å². The molecular weight excluding hydrogens is 361 g/mol. The van der Waals surface area contributed by atoms with E-state index in [1.165, 1.54) is 31.4 Å². The van der Waals surface area contributed by atoms with E-state index in [4.69, 9.17) is 0 Å². The average Bonchev–Trinajstić information content (AvgIpc) is 3.08. The van der Waals surface area contributed by atoms with E-state index in [0.717, 1.165) is 46.2 Å².